The minimum atomic E-state index is -0.239. The van der Waals surface area contributed by atoms with Crippen LogP contribution in [0, 0.1) is 0 Å². The van der Waals surface area contributed by atoms with E-state index in [2.05, 4.69) is 9.47 Å². The average Bonchev–Trinajstić information content (AvgIpc) is 2.59. The largest absolute Gasteiger partial charge is 0.469 e. The van der Waals surface area contributed by atoms with E-state index in [1.54, 1.807) is 0 Å². The Morgan fingerprint density at radius 3 is 2.47 bits per heavy atom. The maximum atomic E-state index is 11.3. The molecule has 1 fully saturated rings. The van der Waals surface area contributed by atoms with Crippen LogP contribution in [0.5, 0.6) is 0 Å². The first-order valence-electron chi connectivity index (χ1n) is 4.96. The maximum absolute atomic E-state index is 11.3. The van der Waals surface area contributed by atoms with Gasteiger partial charge in [-0.05, 0) is 19.9 Å². The molecule has 15 heavy (non-hydrogen) atoms. The monoisotopic (exact) mass is 215 g/mol. The van der Waals surface area contributed by atoms with E-state index in [4.69, 9.17) is 0 Å². The third kappa shape index (κ3) is 2.68. The lowest BCUT2D eigenvalue weighted by atomic mass is 10.1. The van der Waals surface area contributed by atoms with Gasteiger partial charge in [-0.2, -0.15) is 0 Å². The van der Waals surface area contributed by atoms with E-state index in [9.17, 15) is 9.59 Å². The van der Waals surface area contributed by atoms with Gasteiger partial charge < -0.3 is 9.47 Å². The van der Waals surface area contributed by atoms with Crippen molar-refractivity contribution in [2.24, 2.45) is 0 Å². The van der Waals surface area contributed by atoms with E-state index in [1.165, 1.54) is 14.2 Å². The number of likely N-dealkylation sites (N-methyl/N-ethyl adjacent to an activating group) is 1. The zero-order chi connectivity index (χ0) is 11.4. The summed E-state index contributed by atoms with van der Waals surface area (Å²) < 4.78 is 9.29. The van der Waals surface area contributed by atoms with Gasteiger partial charge in [0.2, 0.25) is 0 Å². The number of carbonyl (C=O) groups excluding carboxylic acids is 2. The summed E-state index contributed by atoms with van der Waals surface area (Å²) in [5, 5.41) is 0. The first kappa shape index (κ1) is 12.0. The molecule has 1 aliphatic heterocycles. The molecule has 5 nitrogen and oxygen atoms in total. The molecule has 1 rings (SSSR count). The highest BCUT2D eigenvalue weighted by molar-refractivity contribution is 5.76. The van der Waals surface area contributed by atoms with Crippen molar-refractivity contribution in [3.05, 3.63) is 0 Å². The molecule has 5 heteroatoms. The number of hydrogen-bond donors (Lipinski definition) is 0. The average molecular weight is 215 g/mol. The first-order chi connectivity index (χ1) is 7.10. The van der Waals surface area contributed by atoms with Gasteiger partial charge in [-0.25, -0.2) is 0 Å². The normalized spacial score (nSPS) is 26.3. The molecule has 0 N–H and O–H groups in total. The summed E-state index contributed by atoms with van der Waals surface area (Å²) in [6, 6.07) is -0.133. The highest BCUT2D eigenvalue weighted by Gasteiger charge is 2.36. The molecule has 0 aromatic rings. The molecule has 0 saturated carbocycles. The molecule has 0 radical (unpaired) electrons. The molecule has 86 valence electrons. The lowest BCUT2D eigenvalue weighted by Crippen LogP contribution is -2.39. The van der Waals surface area contributed by atoms with Gasteiger partial charge in [-0.3, -0.25) is 14.5 Å². The van der Waals surface area contributed by atoms with E-state index < -0.39 is 0 Å². The van der Waals surface area contributed by atoms with Crippen LogP contribution in [-0.2, 0) is 19.1 Å². The molecule has 1 heterocycles. The molecule has 0 aromatic carbocycles. The Kier molecular flexibility index (Phi) is 4.08. The zero-order valence-corrected chi connectivity index (χ0v) is 9.36. The molecule has 0 bridgehead atoms. The summed E-state index contributed by atoms with van der Waals surface area (Å²) in [6.07, 6.45) is 1.90. The number of ether oxygens (including phenoxy) is 2. The Morgan fingerprint density at radius 2 is 1.93 bits per heavy atom. The van der Waals surface area contributed by atoms with Crippen molar-refractivity contribution in [3.8, 4) is 0 Å². The smallest absolute Gasteiger partial charge is 0.323 e. The lowest BCUT2D eigenvalue weighted by molar-refractivity contribution is -0.147. The van der Waals surface area contributed by atoms with Crippen LogP contribution in [0.25, 0.3) is 0 Å². The summed E-state index contributed by atoms with van der Waals surface area (Å²) in [4.78, 5) is 24.3. The predicted molar refractivity (Wildman–Crippen MR) is 53.2 cm³/mol. The second-order valence-electron chi connectivity index (χ2n) is 3.72. The van der Waals surface area contributed by atoms with Crippen molar-refractivity contribution in [3.63, 3.8) is 0 Å². The van der Waals surface area contributed by atoms with Gasteiger partial charge >= 0.3 is 11.9 Å². The van der Waals surface area contributed by atoms with E-state index in [0.717, 1.165) is 12.8 Å². The van der Waals surface area contributed by atoms with Gasteiger partial charge in [0.1, 0.15) is 6.04 Å². The van der Waals surface area contributed by atoms with Crippen LogP contribution in [0.1, 0.15) is 19.3 Å². The van der Waals surface area contributed by atoms with Crippen LogP contribution in [0.3, 0.4) is 0 Å². The Hall–Kier alpha value is -1.10. The summed E-state index contributed by atoms with van der Waals surface area (Å²) in [5.41, 5.74) is 0. The topological polar surface area (TPSA) is 55.8 Å². The molecule has 0 aliphatic carbocycles. The van der Waals surface area contributed by atoms with Crippen LogP contribution >= 0.6 is 0 Å². The zero-order valence-electron chi connectivity index (χ0n) is 9.36. The van der Waals surface area contributed by atoms with Gasteiger partial charge in [0, 0.05) is 6.04 Å². The Balaban J connectivity index is 2.52. The van der Waals surface area contributed by atoms with Crippen molar-refractivity contribution in [2.75, 3.05) is 21.3 Å². The van der Waals surface area contributed by atoms with Gasteiger partial charge in [0.05, 0.1) is 20.6 Å². The Morgan fingerprint density at radius 1 is 1.27 bits per heavy atom. The highest BCUT2D eigenvalue weighted by atomic mass is 16.5. The second kappa shape index (κ2) is 5.11. The molecule has 0 amide bonds. The molecule has 1 aliphatic rings. The molecule has 2 atom stereocenters. The van der Waals surface area contributed by atoms with Gasteiger partial charge in [-0.1, -0.05) is 0 Å². The Bertz CT molecular complexity index is 254. The molecule has 0 spiro atoms. The molecular formula is C10H17NO4. The number of esters is 2. The van der Waals surface area contributed by atoms with E-state index in [1.807, 2.05) is 11.9 Å². The van der Waals surface area contributed by atoms with E-state index >= 15 is 0 Å². The molecule has 0 aromatic heterocycles. The van der Waals surface area contributed by atoms with Crippen molar-refractivity contribution in [1.29, 1.82) is 0 Å². The minimum absolute atomic E-state index is 0.0848. The fourth-order valence-corrected chi connectivity index (χ4v) is 1.95. The van der Waals surface area contributed by atoms with Crippen molar-refractivity contribution >= 4 is 11.9 Å². The van der Waals surface area contributed by atoms with Crippen molar-refractivity contribution < 1.29 is 19.1 Å². The van der Waals surface area contributed by atoms with Gasteiger partial charge in [0.25, 0.3) is 0 Å². The summed E-state index contributed by atoms with van der Waals surface area (Å²) >= 11 is 0. The minimum Gasteiger partial charge on any atom is -0.469 e. The van der Waals surface area contributed by atoms with Crippen molar-refractivity contribution in [2.45, 2.75) is 31.3 Å². The number of rotatable bonds is 3. The summed E-state index contributed by atoms with van der Waals surface area (Å²) in [7, 11) is 4.58. The predicted octanol–water partition coefficient (Wildman–Crippen LogP) is 0.185. The number of carbonyl (C=O) groups is 2. The van der Waals surface area contributed by atoms with E-state index in [-0.39, 0.29) is 24.0 Å². The van der Waals surface area contributed by atoms with E-state index in [0.29, 0.717) is 6.42 Å². The highest BCUT2D eigenvalue weighted by Crippen LogP contribution is 2.25. The third-order valence-electron chi connectivity index (χ3n) is 2.94. The fourth-order valence-electron chi connectivity index (χ4n) is 1.95. The lowest BCUT2D eigenvalue weighted by Gasteiger charge is -2.23. The summed E-state index contributed by atoms with van der Waals surface area (Å²) in [6.45, 7) is 0. The maximum Gasteiger partial charge on any atom is 0.323 e. The van der Waals surface area contributed by atoms with Crippen LogP contribution < -0.4 is 0 Å². The second-order valence-corrected chi connectivity index (χ2v) is 3.72. The van der Waals surface area contributed by atoms with Crippen LogP contribution in [0.2, 0.25) is 0 Å². The van der Waals surface area contributed by atoms with Gasteiger partial charge in [-0.15, -0.1) is 0 Å². The summed E-state index contributed by atoms with van der Waals surface area (Å²) in [5.74, 6) is -0.470. The number of nitrogens with zero attached hydrogens (tertiary/aromatic N) is 1. The number of hydrogen-bond acceptors (Lipinski definition) is 5. The number of likely N-dealkylation sites (tertiary alicyclic amines) is 1. The SMILES string of the molecule is COC(=O)CC1CCC(C(=O)OC)N1C. The standard InChI is InChI=1S/C10H17NO4/c1-11-7(6-9(12)14-2)4-5-8(11)10(13)15-3/h7-8H,4-6H2,1-3H3. The van der Waals surface area contributed by atoms with Crippen LogP contribution in [0.4, 0.5) is 0 Å². The molecule has 2 unspecified atom stereocenters. The fraction of sp³-hybridized carbons (Fsp3) is 0.800. The van der Waals surface area contributed by atoms with Crippen molar-refractivity contribution in [1.82, 2.24) is 4.90 Å². The first-order valence-corrected chi connectivity index (χ1v) is 4.96. The Labute approximate surface area is 89.3 Å². The van der Waals surface area contributed by atoms with Gasteiger partial charge in [0.15, 0.2) is 0 Å². The quantitative estimate of drug-likeness (QED) is 0.629. The molecular weight excluding hydrogens is 198 g/mol. The number of methoxy groups -OCH3 is 2. The third-order valence-corrected chi connectivity index (χ3v) is 2.94. The van der Waals surface area contributed by atoms with Crippen LogP contribution in [0.15, 0.2) is 0 Å². The van der Waals surface area contributed by atoms with Crippen LogP contribution in [-0.4, -0.2) is 50.2 Å². The molecule has 1 saturated heterocycles.